The van der Waals surface area contributed by atoms with Crippen molar-refractivity contribution in [2.45, 2.75) is 13.8 Å². The Bertz CT molecular complexity index is 630. The maximum atomic E-state index is 12.1. The highest BCUT2D eigenvalue weighted by Crippen LogP contribution is 2.21. The number of allylic oxidation sites excluding steroid dienone is 2. The number of nitrogens with zero attached hydrogens (tertiary/aromatic N) is 1. The first-order valence-corrected chi connectivity index (χ1v) is 6.00. The molecule has 96 valence electrons. The summed E-state index contributed by atoms with van der Waals surface area (Å²) in [4.78, 5) is 16.1. The van der Waals surface area contributed by atoms with Gasteiger partial charge in [0.25, 0.3) is 0 Å². The number of benzene rings is 1. The second-order valence-corrected chi connectivity index (χ2v) is 4.45. The molecule has 0 bridgehead atoms. The predicted octanol–water partition coefficient (Wildman–Crippen LogP) is 3.38. The SMILES string of the molecule is CC(=CC(=O)c1cc(C)ccc1O)c1ccncc1. The molecular formula is C16H15NO2. The van der Waals surface area contributed by atoms with Gasteiger partial charge < -0.3 is 5.11 Å². The summed E-state index contributed by atoms with van der Waals surface area (Å²) in [7, 11) is 0. The fourth-order valence-electron chi connectivity index (χ4n) is 1.82. The topological polar surface area (TPSA) is 50.2 Å². The Balaban J connectivity index is 2.33. The van der Waals surface area contributed by atoms with E-state index in [1.807, 2.05) is 26.0 Å². The standard InChI is InChI=1S/C16H15NO2/c1-11-3-4-15(18)14(9-11)16(19)10-12(2)13-5-7-17-8-6-13/h3-10,18H,1-2H3. The van der Waals surface area contributed by atoms with Crippen LogP contribution in [0.4, 0.5) is 0 Å². The van der Waals surface area contributed by atoms with Crippen molar-refractivity contribution in [2.75, 3.05) is 0 Å². The van der Waals surface area contributed by atoms with Gasteiger partial charge in [0.2, 0.25) is 0 Å². The van der Waals surface area contributed by atoms with Crippen LogP contribution in [0.3, 0.4) is 0 Å². The highest BCUT2D eigenvalue weighted by Gasteiger charge is 2.09. The quantitative estimate of drug-likeness (QED) is 0.674. The van der Waals surface area contributed by atoms with Crippen LogP contribution in [0.1, 0.15) is 28.4 Å². The highest BCUT2D eigenvalue weighted by molar-refractivity contribution is 6.10. The first-order valence-electron chi connectivity index (χ1n) is 6.00. The van der Waals surface area contributed by atoms with Crippen LogP contribution in [-0.4, -0.2) is 15.9 Å². The molecule has 0 fully saturated rings. The third-order valence-electron chi connectivity index (χ3n) is 2.90. The van der Waals surface area contributed by atoms with Crippen molar-refractivity contribution in [3.63, 3.8) is 0 Å². The second kappa shape index (κ2) is 5.48. The van der Waals surface area contributed by atoms with Gasteiger partial charge in [-0.25, -0.2) is 0 Å². The lowest BCUT2D eigenvalue weighted by Gasteiger charge is -2.04. The molecule has 2 aromatic rings. The average molecular weight is 253 g/mol. The Hall–Kier alpha value is -2.42. The molecule has 3 heteroatoms. The Kier molecular flexibility index (Phi) is 3.76. The molecule has 0 atom stereocenters. The molecule has 0 radical (unpaired) electrons. The van der Waals surface area contributed by atoms with E-state index in [1.54, 1.807) is 24.5 Å². The number of carbonyl (C=O) groups is 1. The van der Waals surface area contributed by atoms with Gasteiger partial charge in [0.05, 0.1) is 5.56 Å². The monoisotopic (exact) mass is 253 g/mol. The van der Waals surface area contributed by atoms with E-state index >= 15 is 0 Å². The molecule has 1 aromatic carbocycles. The lowest BCUT2D eigenvalue weighted by molar-refractivity contribution is 0.104. The van der Waals surface area contributed by atoms with Gasteiger partial charge in [-0.05, 0) is 55.3 Å². The Morgan fingerprint density at radius 1 is 1.21 bits per heavy atom. The number of pyridine rings is 1. The minimum atomic E-state index is -0.199. The van der Waals surface area contributed by atoms with Crippen molar-refractivity contribution in [1.29, 1.82) is 0 Å². The third-order valence-corrected chi connectivity index (χ3v) is 2.90. The summed E-state index contributed by atoms with van der Waals surface area (Å²) < 4.78 is 0. The Morgan fingerprint density at radius 3 is 2.58 bits per heavy atom. The summed E-state index contributed by atoms with van der Waals surface area (Å²) in [5, 5.41) is 9.73. The lowest BCUT2D eigenvalue weighted by atomic mass is 10.0. The van der Waals surface area contributed by atoms with Gasteiger partial charge in [-0.2, -0.15) is 0 Å². The van der Waals surface area contributed by atoms with E-state index in [-0.39, 0.29) is 11.5 Å². The second-order valence-electron chi connectivity index (χ2n) is 4.45. The van der Waals surface area contributed by atoms with Crippen molar-refractivity contribution in [2.24, 2.45) is 0 Å². The number of hydrogen-bond donors (Lipinski definition) is 1. The molecular weight excluding hydrogens is 238 g/mol. The van der Waals surface area contributed by atoms with E-state index in [0.717, 1.165) is 16.7 Å². The molecule has 0 aliphatic rings. The summed E-state index contributed by atoms with van der Waals surface area (Å²) in [5.41, 5.74) is 3.05. The minimum absolute atomic E-state index is 0.00868. The normalized spacial score (nSPS) is 11.4. The van der Waals surface area contributed by atoms with Crippen molar-refractivity contribution < 1.29 is 9.90 Å². The number of hydrogen-bond acceptors (Lipinski definition) is 3. The molecule has 0 amide bonds. The molecule has 0 aliphatic heterocycles. The summed E-state index contributed by atoms with van der Waals surface area (Å²) in [6, 6.07) is 8.68. The molecule has 0 saturated carbocycles. The smallest absolute Gasteiger partial charge is 0.189 e. The third kappa shape index (κ3) is 3.07. The number of phenols is 1. The maximum absolute atomic E-state index is 12.1. The van der Waals surface area contributed by atoms with Crippen LogP contribution in [0, 0.1) is 6.92 Å². The van der Waals surface area contributed by atoms with Crippen molar-refractivity contribution in [3.05, 3.63) is 65.5 Å². The summed E-state index contributed by atoms with van der Waals surface area (Å²) in [5.74, 6) is -0.190. The van der Waals surface area contributed by atoms with E-state index in [1.165, 1.54) is 12.1 Å². The maximum Gasteiger partial charge on any atom is 0.189 e. The fraction of sp³-hybridized carbons (Fsp3) is 0.125. The van der Waals surface area contributed by atoms with E-state index in [9.17, 15) is 9.90 Å². The zero-order chi connectivity index (χ0) is 13.8. The molecule has 0 unspecified atom stereocenters. The van der Waals surface area contributed by atoms with Gasteiger partial charge in [0.1, 0.15) is 5.75 Å². The van der Waals surface area contributed by atoms with Gasteiger partial charge in [-0.1, -0.05) is 11.6 Å². The molecule has 1 heterocycles. The number of rotatable bonds is 3. The van der Waals surface area contributed by atoms with Gasteiger partial charge in [-0.15, -0.1) is 0 Å². The molecule has 2 rings (SSSR count). The lowest BCUT2D eigenvalue weighted by Crippen LogP contribution is -1.97. The van der Waals surface area contributed by atoms with Gasteiger partial charge in [0, 0.05) is 12.4 Å². The number of aromatic hydroxyl groups is 1. The van der Waals surface area contributed by atoms with Crippen LogP contribution < -0.4 is 0 Å². The highest BCUT2D eigenvalue weighted by atomic mass is 16.3. The molecule has 0 saturated heterocycles. The number of ketones is 1. The first-order chi connectivity index (χ1) is 9.08. The Morgan fingerprint density at radius 2 is 1.89 bits per heavy atom. The molecule has 0 spiro atoms. The van der Waals surface area contributed by atoms with Crippen LogP contribution in [0.2, 0.25) is 0 Å². The number of aryl methyl sites for hydroxylation is 1. The van der Waals surface area contributed by atoms with Crippen LogP contribution in [0.25, 0.3) is 5.57 Å². The number of carbonyl (C=O) groups excluding carboxylic acids is 1. The van der Waals surface area contributed by atoms with E-state index in [4.69, 9.17) is 0 Å². The number of phenolic OH excluding ortho intramolecular Hbond substituents is 1. The predicted molar refractivity (Wildman–Crippen MR) is 75.1 cm³/mol. The molecule has 19 heavy (non-hydrogen) atoms. The molecule has 1 aromatic heterocycles. The van der Waals surface area contributed by atoms with Gasteiger partial charge in [-0.3, -0.25) is 9.78 Å². The zero-order valence-corrected chi connectivity index (χ0v) is 10.9. The summed E-state index contributed by atoms with van der Waals surface area (Å²) in [6.07, 6.45) is 4.90. The van der Waals surface area contributed by atoms with Crippen molar-refractivity contribution in [3.8, 4) is 5.75 Å². The minimum Gasteiger partial charge on any atom is -0.507 e. The number of aromatic nitrogens is 1. The molecule has 1 N–H and O–H groups in total. The van der Waals surface area contributed by atoms with E-state index in [2.05, 4.69) is 4.98 Å². The molecule has 0 aliphatic carbocycles. The van der Waals surface area contributed by atoms with E-state index in [0.29, 0.717) is 5.56 Å². The Labute approximate surface area is 112 Å². The van der Waals surface area contributed by atoms with Crippen molar-refractivity contribution in [1.82, 2.24) is 4.98 Å². The largest absolute Gasteiger partial charge is 0.507 e. The summed E-state index contributed by atoms with van der Waals surface area (Å²) in [6.45, 7) is 3.75. The van der Waals surface area contributed by atoms with Gasteiger partial charge >= 0.3 is 0 Å². The van der Waals surface area contributed by atoms with Crippen LogP contribution in [0.15, 0.2) is 48.8 Å². The van der Waals surface area contributed by atoms with Crippen LogP contribution in [0.5, 0.6) is 5.75 Å². The zero-order valence-electron chi connectivity index (χ0n) is 10.9. The average Bonchev–Trinajstić information content (AvgIpc) is 2.42. The first kappa shape index (κ1) is 13.0. The van der Waals surface area contributed by atoms with Crippen LogP contribution in [-0.2, 0) is 0 Å². The van der Waals surface area contributed by atoms with Crippen LogP contribution >= 0.6 is 0 Å². The van der Waals surface area contributed by atoms with E-state index < -0.39 is 0 Å². The van der Waals surface area contributed by atoms with Gasteiger partial charge in [0.15, 0.2) is 5.78 Å². The summed E-state index contributed by atoms with van der Waals surface area (Å²) >= 11 is 0. The van der Waals surface area contributed by atoms with Crippen molar-refractivity contribution >= 4 is 11.4 Å². The molecule has 3 nitrogen and oxygen atoms in total. The fourth-order valence-corrected chi connectivity index (χ4v) is 1.82.